The van der Waals surface area contributed by atoms with Crippen LogP contribution >= 0.6 is 0 Å². The molecule has 136 valence electrons. The summed E-state index contributed by atoms with van der Waals surface area (Å²) in [6.45, 7) is 1.79. The van der Waals surface area contributed by atoms with Gasteiger partial charge in [0.25, 0.3) is 5.91 Å². The van der Waals surface area contributed by atoms with Gasteiger partial charge in [0.1, 0.15) is 5.82 Å². The van der Waals surface area contributed by atoms with Gasteiger partial charge in [-0.3, -0.25) is 9.69 Å². The number of carbonyl (C=O) groups excluding carboxylic acids is 1. The van der Waals surface area contributed by atoms with Crippen molar-refractivity contribution < 1.29 is 9.32 Å². The first-order valence-corrected chi connectivity index (χ1v) is 8.42. The molecular weight excluding hydrogens is 330 g/mol. The van der Waals surface area contributed by atoms with Crippen LogP contribution in [-0.4, -0.2) is 44.5 Å². The zero-order valence-electron chi connectivity index (χ0n) is 15.3. The summed E-state index contributed by atoms with van der Waals surface area (Å²) >= 11 is 0. The van der Waals surface area contributed by atoms with E-state index in [9.17, 15) is 4.79 Å². The van der Waals surface area contributed by atoms with E-state index in [4.69, 9.17) is 4.52 Å². The van der Waals surface area contributed by atoms with Crippen LogP contribution in [0, 0.1) is 0 Å². The Morgan fingerprint density at radius 2 is 1.92 bits per heavy atom. The summed E-state index contributed by atoms with van der Waals surface area (Å²) < 4.78 is 7.23. The van der Waals surface area contributed by atoms with Crippen LogP contribution < -0.4 is 0 Å². The molecule has 7 heteroatoms. The molecule has 0 saturated heterocycles. The first-order chi connectivity index (χ1) is 12.5. The average Bonchev–Trinajstić information content (AvgIpc) is 3.24. The monoisotopic (exact) mass is 353 g/mol. The number of aromatic nitrogens is 3. The number of amides is 1. The lowest BCUT2D eigenvalue weighted by Gasteiger charge is -2.15. The van der Waals surface area contributed by atoms with Crippen molar-refractivity contribution in [2.75, 3.05) is 14.1 Å². The Balaban J connectivity index is 1.58. The molecule has 0 atom stereocenters. The molecule has 26 heavy (non-hydrogen) atoms. The van der Waals surface area contributed by atoms with Gasteiger partial charge in [0.05, 0.1) is 13.1 Å². The molecule has 7 nitrogen and oxygen atoms in total. The molecule has 0 bridgehead atoms. The van der Waals surface area contributed by atoms with E-state index in [-0.39, 0.29) is 5.91 Å². The number of benzene rings is 1. The molecule has 0 spiro atoms. The fourth-order valence-corrected chi connectivity index (χ4v) is 2.73. The van der Waals surface area contributed by atoms with E-state index in [0.29, 0.717) is 24.5 Å². The molecule has 0 fully saturated rings. The summed E-state index contributed by atoms with van der Waals surface area (Å²) in [4.78, 5) is 20.5. The molecule has 0 N–H and O–H groups in total. The number of hydrogen-bond donors (Lipinski definition) is 0. The predicted molar refractivity (Wildman–Crippen MR) is 97.1 cm³/mol. The highest BCUT2D eigenvalue weighted by Crippen LogP contribution is 2.12. The van der Waals surface area contributed by atoms with E-state index in [1.807, 2.05) is 43.1 Å². The summed E-state index contributed by atoms with van der Waals surface area (Å²) in [5.74, 6) is 1.29. The Hall–Kier alpha value is -2.93. The first-order valence-electron chi connectivity index (χ1n) is 8.42. The Labute approximate surface area is 152 Å². The van der Waals surface area contributed by atoms with Crippen molar-refractivity contribution in [1.82, 2.24) is 24.5 Å². The normalized spacial score (nSPS) is 11.1. The van der Waals surface area contributed by atoms with Gasteiger partial charge in [-0.25, -0.2) is 4.98 Å². The number of nitrogens with zero attached hydrogens (tertiary/aromatic N) is 5. The Morgan fingerprint density at radius 3 is 2.62 bits per heavy atom. The Bertz CT molecular complexity index is 856. The van der Waals surface area contributed by atoms with Crippen LogP contribution in [0.25, 0.3) is 0 Å². The fourth-order valence-electron chi connectivity index (χ4n) is 2.73. The lowest BCUT2D eigenvalue weighted by Crippen LogP contribution is -2.27. The van der Waals surface area contributed by atoms with Crippen LogP contribution in [0.1, 0.15) is 27.6 Å². The highest BCUT2D eigenvalue weighted by atomic mass is 16.5. The van der Waals surface area contributed by atoms with E-state index in [0.717, 1.165) is 12.4 Å². The third-order valence-electron chi connectivity index (χ3n) is 4.15. The van der Waals surface area contributed by atoms with E-state index < -0.39 is 0 Å². The smallest absolute Gasteiger partial charge is 0.276 e. The van der Waals surface area contributed by atoms with Crippen molar-refractivity contribution in [3.05, 3.63) is 71.6 Å². The van der Waals surface area contributed by atoms with Crippen molar-refractivity contribution in [3.8, 4) is 0 Å². The van der Waals surface area contributed by atoms with Crippen molar-refractivity contribution >= 4 is 5.91 Å². The van der Waals surface area contributed by atoms with E-state index in [1.165, 1.54) is 5.56 Å². The summed E-state index contributed by atoms with van der Waals surface area (Å²) in [5.41, 5.74) is 1.53. The number of aryl methyl sites for hydroxylation is 1. The highest BCUT2D eigenvalue weighted by molar-refractivity contribution is 5.91. The number of carbonyl (C=O) groups is 1. The summed E-state index contributed by atoms with van der Waals surface area (Å²) in [5, 5.41) is 3.93. The predicted octanol–water partition coefficient (Wildman–Crippen LogP) is 2.31. The van der Waals surface area contributed by atoms with Crippen LogP contribution in [0.5, 0.6) is 0 Å². The molecule has 1 aromatic carbocycles. The molecule has 0 saturated carbocycles. The Kier molecular flexibility index (Phi) is 5.48. The molecule has 2 aromatic heterocycles. The highest BCUT2D eigenvalue weighted by Gasteiger charge is 2.19. The molecule has 0 unspecified atom stereocenters. The lowest BCUT2D eigenvalue weighted by atomic mass is 10.2. The van der Waals surface area contributed by atoms with Gasteiger partial charge in [-0.15, -0.1) is 0 Å². The van der Waals surface area contributed by atoms with Gasteiger partial charge in [0, 0.05) is 39.1 Å². The van der Waals surface area contributed by atoms with E-state index in [1.54, 1.807) is 24.2 Å². The summed E-state index contributed by atoms with van der Waals surface area (Å²) in [6, 6.07) is 11.9. The second-order valence-electron chi connectivity index (χ2n) is 6.45. The van der Waals surface area contributed by atoms with Crippen LogP contribution in [0.15, 0.2) is 53.3 Å². The maximum atomic E-state index is 12.5. The average molecular weight is 353 g/mol. The quantitative estimate of drug-likeness (QED) is 0.652. The molecule has 0 radical (unpaired) electrons. The van der Waals surface area contributed by atoms with Gasteiger partial charge in [-0.1, -0.05) is 35.5 Å². The van der Waals surface area contributed by atoms with E-state index >= 15 is 0 Å². The minimum atomic E-state index is -0.186. The maximum Gasteiger partial charge on any atom is 0.276 e. The second-order valence-corrected chi connectivity index (χ2v) is 6.45. The minimum absolute atomic E-state index is 0.186. The molecule has 0 aliphatic heterocycles. The van der Waals surface area contributed by atoms with Gasteiger partial charge < -0.3 is 14.0 Å². The van der Waals surface area contributed by atoms with Gasteiger partial charge >= 0.3 is 0 Å². The van der Waals surface area contributed by atoms with Crippen molar-refractivity contribution in [1.29, 1.82) is 0 Å². The molecule has 3 aromatic rings. The van der Waals surface area contributed by atoms with Crippen LogP contribution in [0.2, 0.25) is 0 Å². The summed E-state index contributed by atoms with van der Waals surface area (Å²) in [6.07, 6.45) is 3.56. The third-order valence-corrected chi connectivity index (χ3v) is 4.15. The second kappa shape index (κ2) is 7.97. The van der Waals surface area contributed by atoms with Crippen LogP contribution in [0.4, 0.5) is 0 Å². The molecule has 1 amide bonds. The standard InChI is InChI=1S/C19H23N5O2/c1-22(12-15-7-5-4-6-8-15)13-16-11-17(21-26-16)19(25)24(3)14-18-20-9-10-23(18)2/h4-11H,12-14H2,1-3H3. The summed E-state index contributed by atoms with van der Waals surface area (Å²) in [7, 11) is 5.63. The van der Waals surface area contributed by atoms with Gasteiger partial charge in [0.15, 0.2) is 11.5 Å². The molecule has 0 aliphatic carbocycles. The largest absolute Gasteiger partial charge is 0.359 e. The molecular formula is C19H23N5O2. The van der Waals surface area contributed by atoms with Crippen LogP contribution in [0.3, 0.4) is 0 Å². The van der Waals surface area contributed by atoms with Crippen LogP contribution in [-0.2, 0) is 26.7 Å². The third kappa shape index (κ3) is 4.37. The number of rotatable bonds is 7. The fraction of sp³-hybridized carbons (Fsp3) is 0.316. The zero-order valence-corrected chi connectivity index (χ0v) is 15.3. The maximum absolute atomic E-state index is 12.5. The van der Waals surface area contributed by atoms with Crippen molar-refractivity contribution in [2.45, 2.75) is 19.6 Å². The number of imidazole rings is 1. The lowest BCUT2D eigenvalue weighted by molar-refractivity contribution is 0.0770. The van der Waals surface area contributed by atoms with Crippen molar-refractivity contribution in [3.63, 3.8) is 0 Å². The minimum Gasteiger partial charge on any atom is -0.359 e. The first kappa shape index (κ1) is 17.9. The van der Waals surface area contributed by atoms with Gasteiger partial charge in [-0.05, 0) is 12.6 Å². The zero-order chi connectivity index (χ0) is 18.5. The van der Waals surface area contributed by atoms with Gasteiger partial charge in [-0.2, -0.15) is 0 Å². The SMILES string of the molecule is CN(Cc1ccccc1)Cc1cc(C(=O)N(C)Cc2nccn2C)no1. The molecule has 2 heterocycles. The molecule has 3 rings (SSSR count). The van der Waals surface area contributed by atoms with Gasteiger partial charge in [0.2, 0.25) is 0 Å². The van der Waals surface area contributed by atoms with E-state index in [2.05, 4.69) is 27.2 Å². The Morgan fingerprint density at radius 1 is 1.15 bits per heavy atom. The topological polar surface area (TPSA) is 67.4 Å². The molecule has 0 aliphatic rings. The van der Waals surface area contributed by atoms with Crippen molar-refractivity contribution in [2.24, 2.45) is 7.05 Å². The number of hydrogen-bond acceptors (Lipinski definition) is 5.